The van der Waals surface area contributed by atoms with Crippen LogP contribution in [-0.2, 0) is 0 Å². The molecule has 0 radical (unpaired) electrons. The molecule has 0 spiro atoms. The fourth-order valence-electron chi connectivity index (χ4n) is 2.97. The molecule has 1 aliphatic heterocycles. The lowest BCUT2D eigenvalue weighted by molar-refractivity contribution is 0.0120. The molecule has 0 aliphatic carbocycles. The minimum absolute atomic E-state index is 0.393. The summed E-state index contributed by atoms with van der Waals surface area (Å²) in [5.74, 6) is 0.917. The van der Waals surface area contributed by atoms with E-state index in [0.717, 1.165) is 38.5 Å². The Morgan fingerprint density at radius 1 is 1.24 bits per heavy atom. The largest absolute Gasteiger partial charge is 0.497 e. The summed E-state index contributed by atoms with van der Waals surface area (Å²) in [5, 5.41) is 9.91. The van der Waals surface area contributed by atoms with E-state index in [1.54, 1.807) is 7.11 Å². The Bertz CT molecular complexity index is 448. The number of ether oxygens (including phenoxy) is 1. The molecule has 1 heterocycles. The zero-order valence-electron chi connectivity index (χ0n) is 13.7. The lowest BCUT2D eigenvalue weighted by atomic mass is 10.0. The van der Waals surface area contributed by atoms with E-state index in [4.69, 9.17) is 4.74 Å². The number of piperazine rings is 1. The molecule has 1 aromatic rings. The van der Waals surface area contributed by atoms with Crippen molar-refractivity contribution in [2.45, 2.75) is 32.4 Å². The number of β-amino-alcohol motifs (C(OH)–C–C–N with tert-alkyl or cyclic N) is 1. The normalized spacial score (nSPS) is 19.5. The Morgan fingerprint density at radius 2 is 1.90 bits per heavy atom. The van der Waals surface area contributed by atoms with Crippen molar-refractivity contribution < 1.29 is 9.84 Å². The highest BCUT2D eigenvalue weighted by molar-refractivity contribution is 5.30. The Balaban J connectivity index is 1.92. The van der Waals surface area contributed by atoms with E-state index in [1.807, 2.05) is 19.9 Å². The quantitative estimate of drug-likeness (QED) is 0.902. The maximum atomic E-state index is 9.91. The van der Waals surface area contributed by atoms with Gasteiger partial charge in [-0.2, -0.15) is 0 Å². The van der Waals surface area contributed by atoms with Crippen LogP contribution in [0.3, 0.4) is 0 Å². The van der Waals surface area contributed by atoms with E-state index in [9.17, 15) is 5.11 Å². The van der Waals surface area contributed by atoms with Crippen molar-refractivity contribution in [1.82, 2.24) is 9.80 Å². The van der Waals surface area contributed by atoms with E-state index < -0.39 is 5.60 Å². The zero-order valence-corrected chi connectivity index (χ0v) is 13.7. The van der Waals surface area contributed by atoms with Gasteiger partial charge in [0.2, 0.25) is 0 Å². The fourth-order valence-corrected chi connectivity index (χ4v) is 2.97. The summed E-state index contributed by atoms with van der Waals surface area (Å²) >= 11 is 0. The predicted molar refractivity (Wildman–Crippen MR) is 85.7 cm³/mol. The molecule has 118 valence electrons. The third-order valence-electron chi connectivity index (χ3n) is 4.14. The van der Waals surface area contributed by atoms with Crippen molar-refractivity contribution in [3.63, 3.8) is 0 Å². The van der Waals surface area contributed by atoms with Gasteiger partial charge >= 0.3 is 0 Å². The van der Waals surface area contributed by atoms with Gasteiger partial charge in [-0.05, 0) is 38.5 Å². The van der Waals surface area contributed by atoms with Gasteiger partial charge in [0.15, 0.2) is 0 Å². The Morgan fingerprint density at radius 3 is 2.48 bits per heavy atom. The highest BCUT2D eigenvalue weighted by atomic mass is 16.5. The molecule has 0 aromatic heterocycles. The maximum absolute atomic E-state index is 9.91. The van der Waals surface area contributed by atoms with Gasteiger partial charge in [0, 0.05) is 38.8 Å². The lowest BCUT2D eigenvalue weighted by Gasteiger charge is -2.40. The number of hydrogen-bond acceptors (Lipinski definition) is 4. The molecule has 2 rings (SSSR count). The highest BCUT2D eigenvalue weighted by Crippen LogP contribution is 2.25. The minimum atomic E-state index is -0.611. The van der Waals surface area contributed by atoms with E-state index in [1.165, 1.54) is 5.56 Å². The van der Waals surface area contributed by atoms with E-state index in [-0.39, 0.29) is 0 Å². The SMILES string of the molecule is COc1cccc(C(C)N2CCN(CC(C)(C)O)CC2)c1. The van der Waals surface area contributed by atoms with E-state index >= 15 is 0 Å². The molecule has 0 saturated carbocycles. The molecule has 1 fully saturated rings. The minimum Gasteiger partial charge on any atom is -0.497 e. The first-order valence-electron chi connectivity index (χ1n) is 7.72. The number of aliphatic hydroxyl groups is 1. The first kappa shape index (κ1) is 16.3. The average molecular weight is 292 g/mol. The summed E-state index contributed by atoms with van der Waals surface area (Å²) in [6, 6.07) is 8.71. The van der Waals surface area contributed by atoms with Crippen LogP contribution in [0.2, 0.25) is 0 Å². The van der Waals surface area contributed by atoms with Crippen LogP contribution < -0.4 is 4.74 Å². The van der Waals surface area contributed by atoms with Crippen LogP contribution in [0.5, 0.6) is 5.75 Å². The summed E-state index contributed by atoms with van der Waals surface area (Å²) in [5.41, 5.74) is 0.686. The number of hydrogen-bond donors (Lipinski definition) is 1. The summed E-state index contributed by atoms with van der Waals surface area (Å²) in [4.78, 5) is 4.84. The molecule has 1 aromatic carbocycles. The van der Waals surface area contributed by atoms with Crippen molar-refractivity contribution in [2.24, 2.45) is 0 Å². The van der Waals surface area contributed by atoms with Crippen LogP contribution >= 0.6 is 0 Å². The summed E-state index contributed by atoms with van der Waals surface area (Å²) < 4.78 is 5.31. The first-order valence-corrected chi connectivity index (χ1v) is 7.72. The lowest BCUT2D eigenvalue weighted by Crippen LogP contribution is -2.50. The van der Waals surface area contributed by atoms with Crippen LogP contribution in [-0.4, -0.2) is 60.3 Å². The van der Waals surface area contributed by atoms with Gasteiger partial charge in [-0.25, -0.2) is 0 Å². The third kappa shape index (κ3) is 4.70. The number of rotatable bonds is 5. The smallest absolute Gasteiger partial charge is 0.119 e. The van der Waals surface area contributed by atoms with Crippen molar-refractivity contribution in [2.75, 3.05) is 39.8 Å². The molecule has 1 N–H and O–H groups in total. The second kappa shape index (κ2) is 6.77. The average Bonchev–Trinajstić information content (AvgIpc) is 2.46. The molecule has 1 saturated heterocycles. The van der Waals surface area contributed by atoms with Crippen molar-refractivity contribution in [3.8, 4) is 5.75 Å². The van der Waals surface area contributed by atoms with Gasteiger partial charge in [0.05, 0.1) is 12.7 Å². The first-order chi connectivity index (χ1) is 9.89. The molecule has 1 atom stereocenters. The van der Waals surface area contributed by atoms with Gasteiger partial charge in [-0.15, -0.1) is 0 Å². The standard InChI is InChI=1S/C17H28N2O2/c1-14(15-6-5-7-16(12-15)21-4)19-10-8-18(9-11-19)13-17(2,3)20/h5-7,12,14,20H,8-11,13H2,1-4H3. The van der Waals surface area contributed by atoms with Crippen LogP contribution in [0, 0.1) is 0 Å². The molecule has 21 heavy (non-hydrogen) atoms. The number of benzene rings is 1. The number of nitrogens with zero attached hydrogens (tertiary/aromatic N) is 2. The third-order valence-corrected chi connectivity index (χ3v) is 4.14. The molecular weight excluding hydrogens is 264 g/mol. The molecule has 0 bridgehead atoms. The fraction of sp³-hybridized carbons (Fsp3) is 0.647. The monoisotopic (exact) mass is 292 g/mol. The summed E-state index contributed by atoms with van der Waals surface area (Å²) in [7, 11) is 1.71. The topological polar surface area (TPSA) is 35.9 Å². The van der Waals surface area contributed by atoms with Crippen LogP contribution in [0.25, 0.3) is 0 Å². The molecule has 4 heteroatoms. The van der Waals surface area contributed by atoms with Crippen LogP contribution in [0.4, 0.5) is 0 Å². The van der Waals surface area contributed by atoms with Gasteiger partial charge in [0.1, 0.15) is 5.75 Å². The van der Waals surface area contributed by atoms with Gasteiger partial charge in [0.25, 0.3) is 0 Å². The number of methoxy groups -OCH3 is 1. The zero-order chi connectivity index (χ0) is 15.5. The van der Waals surface area contributed by atoms with Crippen molar-refractivity contribution in [3.05, 3.63) is 29.8 Å². The molecule has 1 aliphatic rings. The molecule has 1 unspecified atom stereocenters. The van der Waals surface area contributed by atoms with Crippen molar-refractivity contribution >= 4 is 0 Å². The maximum Gasteiger partial charge on any atom is 0.119 e. The Kier molecular flexibility index (Phi) is 5.25. The van der Waals surface area contributed by atoms with Gasteiger partial charge in [-0.1, -0.05) is 12.1 Å². The second-order valence-electron chi connectivity index (χ2n) is 6.58. The van der Waals surface area contributed by atoms with E-state index in [0.29, 0.717) is 6.04 Å². The summed E-state index contributed by atoms with van der Waals surface area (Å²) in [6.45, 7) is 10.8. The van der Waals surface area contributed by atoms with E-state index in [2.05, 4.69) is 34.9 Å². The summed E-state index contributed by atoms with van der Waals surface area (Å²) in [6.07, 6.45) is 0. The molecule has 0 amide bonds. The Labute approximate surface area is 128 Å². The van der Waals surface area contributed by atoms with Crippen LogP contribution in [0.15, 0.2) is 24.3 Å². The molecule has 4 nitrogen and oxygen atoms in total. The molecular formula is C17H28N2O2. The van der Waals surface area contributed by atoms with Crippen molar-refractivity contribution in [1.29, 1.82) is 0 Å². The highest BCUT2D eigenvalue weighted by Gasteiger charge is 2.25. The Hall–Kier alpha value is -1.10. The predicted octanol–water partition coefficient (Wildman–Crippen LogP) is 2.14. The second-order valence-corrected chi connectivity index (χ2v) is 6.58. The van der Waals surface area contributed by atoms with Gasteiger partial charge < -0.3 is 9.84 Å². The van der Waals surface area contributed by atoms with Crippen LogP contribution in [0.1, 0.15) is 32.4 Å². The van der Waals surface area contributed by atoms with Gasteiger partial charge in [-0.3, -0.25) is 9.80 Å².